The molecule has 0 bridgehead atoms. The van der Waals surface area contributed by atoms with Gasteiger partial charge in [-0.15, -0.1) is 0 Å². The SMILES string of the molecule is O=C1CC[C@H](CF)N1c1cccc(F)c1. The lowest BCUT2D eigenvalue weighted by atomic mass is 10.2. The Morgan fingerprint density at radius 3 is 2.93 bits per heavy atom. The molecule has 1 fully saturated rings. The van der Waals surface area contributed by atoms with E-state index in [9.17, 15) is 13.6 Å². The van der Waals surface area contributed by atoms with Crippen LogP contribution in [0, 0.1) is 5.82 Å². The third kappa shape index (κ3) is 1.84. The van der Waals surface area contributed by atoms with Gasteiger partial charge in [0.15, 0.2) is 0 Å². The highest BCUT2D eigenvalue weighted by Crippen LogP contribution is 2.27. The fraction of sp³-hybridized carbons (Fsp3) is 0.364. The molecule has 1 atom stereocenters. The second kappa shape index (κ2) is 3.96. The molecule has 1 heterocycles. The van der Waals surface area contributed by atoms with E-state index in [1.807, 2.05) is 0 Å². The summed E-state index contributed by atoms with van der Waals surface area (Å²) in [6.07, 6.45) is 0.844. The van der Waals surface area contributed by atoms with Crippen LogP contribution in [0.2, 0.25) is 0 Å². The molecular weight excluding hydrogens is 200 g/mol. The predicted molar refractivity (Wildman–Crippen MR) is 52.9 cm³/mol. The molecule has 0 spiro atoms. The van der Waals surface area contributed by atoms with Crippen LogP contribution in [0.1, 0.15) is 12.8 Å². The number of halogens is 2. The van der Waals surface area contributed by atoms with Crippen LogP contribution in [-0.2, 0) is 4.79 Å². The molecule has 2 rings (SSSR count). The van der Waals surface area contributed by atoms with Crippen LogP contribution in [0.15, 0.2) is 24.3 Å². The number of rotatable bonds is 2. The van der Waals surface area contributed by atoms with E-state index in [4.69, 9.17) is 0 Å². The second-order valence-corrected chi connectivity index (χ2v) is 3.59. The van der Waals surface area contributed by atoms with E-state index in [-0.39, 0.29) is 5.91 Å². The molecule has 0 unspecified atom stereocenters. The molecule has 1 saturated heterocycles. The molecule has 0 saturated carbocycles. The van der Waals surface area contributed by atoms with Gasteiger partial charge in [0.1, 0.15) is 12.5 Å². The Labute approximate surface area is 86.5 Å². The van der Waals surface area contributed by atoms with Gasteiger partial charge in [-0.1, -0.05) is 6.07 Å². The van der Waals surface area contributed by atoms with Crippen LogP contribution in [-0.4, -0.2) is 18.6 Å². The summed E-state index contributed by atoms with van der Waals surface area (Å²) >= 11 is 0. The molecule has 1 amide bonds. The van der Waals surface area contributed by atoms with E-state index in [1.54, 1.807) is 6.07 Å². The lowest BCUT2D eigenvalue weighted by Crippen LogP contribution is -2.34. The highest BCUT2D eigenvalue weighted by atomic mass is 19.1. The minimum Gasteiger partial charge on any atom is -0.307 e. The number of nitrogens with zero attached hydrogens (tertiary/aromatic N) is 1. The van der Waals surface area contributed by atoms with Crippen LogP contribution in [0.4, 0.5) is 14.5 Å². The zero-order valence-corrected chi connectivity index (χ0v) is 8.12. The van der Waals surface area contributed by atoms with Crippen molar-refractivity contribution in [1.82, 2.24) is 0 Å². The van der Waals surface area contributed by atoms with Crippen molar-refractivity contribution in [2.45, 2.75) is 18.9 Å². The Morgan fingerprint density at radius 1 is 1.47 bits per heavy atom. The molecule has 4 heteroatoms. The maximum atomic E-state index is 12.9. The van der Waals surface area contributed by atoms with E-state index < -0.39 is 18.5 Å². The van der Waals surface area contributed by atoms with E-state index in [2.05, 4.69) is 0 Å². The summed E-state index contributed by atoms with van der Waals surface area (Å²) in [6.45, 7) is -0.581. The van der Waals surface area contributed by atoms with Crippen molar-refractivity contribution in [3.63, 3.8) is 0 Å². The number of hydrogen-bond donors (Lipinski definition) is 0. The van der Waals surface area contributed by atoms with E-state index >= 15 is 0 Å². The fourth-order valence-corrected chi connectivity index (χ4v) is 1.87. The molecule has 1 aliphatic rings. The summed E-state index contributed by atoms with van der Waals surface area (Å²) in [5, 5.41) is 0. The smallest absolute Gasteiger partial charge is 0.227 e. The lowest BCUT2D eigenvalue weighted by molar-refractivity contribution is -0.117. The Kier molecular flexibility index (Phi) is 2.66. The van der Waals surface area contributed by atoms with Crippen LogP contribution in [0.25, 0.3) is 0 Å². The quantitative estimate of drug-likeness (QED) is 0.735. The number of carbonyl (C=O) groups excluding carboxylic acids is 1. The third-order valence-corrected chi connectivity index (χ3v) is 2.59. The summed E-state index contributed by atoms with van der Waals surface area (Å²) in [7, 11) is 0. The number of anilines is 1. The van der Waals surface area contributed by atoms with Gasteiger partial charge in [-0.05, 0) is 24.6 Å². The summed E-state index contributed by atoms with van der Waals surface area (Å²) in [4.78, 5) is 12.8. The van der Waals surface area contributed by atoms with Gasteiger partial charge in [0.2, 0.25) is 5.91 Å². The van der Waals surface area contributed by atoms with Gasteiger partial charge in [0.25, 0.3) is 0 Å². The van der Waals surface area contributed by atoms with Crippen molar-refractivity contribution in [2.24, 2.45) is 0 Å². The molecule has 0 aliphatic carbocycles. The first-order valence-electron chi connectivity index (χ1n) is 4.86. The van der Waals surface area contributed by atoms with Crippen molar-refractivity contribution in [1.29, 1.82) is 0 Å². The van der Waals surface area contributed by atoms with E-state index in [1.165, 1.54) is 23.1 Å². The van der Waals surface area contributed by atoms with Crippen molar-refractivity contribution >= 4 is 11.6 Å². The molecule has 0 aromatic heterocycles. The van der Waals surface area contributed by atoms with Crippen LogP contribution >= 0.6 is 0 Å². The van der Waals surface area contributed by atoms with Crippen LogP contribution in [0.5, 0.6) is 0 Å². The maximum absolute atomic E-state index is 12.9. The van der Waals surface area contributed by atoms with Gasteiger partial charge in [0, 0.05) is 12.1 Å². The van der Waals surface area contributed by atoms with Crippen molar-refractivity contribution in [2.75, 3.05) is 11.6 Å². The largest absolute Gasteiger partial charge is 0.307 e. The van der Waals surface area contributed by atoms with Crippen LogP contribution in [0.3, 0.4) is 0 Å². The van der Waals surface area contributed by atoms with Gasteiger partial charge in [0.05, 0.1) is 6.04 Å². The van der Waals surface area contributed by atoms with Crippen LogP contribution < -0.4 is 4.90 Å². The van der Waals surface area contributed by atoms with Gasteiger partial charge >= 0.3 is 0 Å². The maximum Gasteiger partial charge on any atom is 0.227 e. The molecule has 2 nitrogen and oxygen atoms in total. The highest BCUT2D eigenvalue weighted by molar-refractivity contribution is 5.96. The average Bonchev–Trinajstić information content (AvgIpc) is 2.59. The van der Waals surface area contributed by atoms with E-state index in [0.29, 0.717) is 18.5 Å². The molecular formula is C11H11F2NO. The fourth-order valence-electron chi connectivity index (χ4n) is 1.87. The first-order chi connectivity index (χ1) is 7.22. The number of carbonyl (C=O) groups is 1. The standard InChI is InChI=1S/C11H11F2NO/c12-7-10-4-5-11(15)14(10)9-3-1-2-8(13)6-9/h1-3,6,10H,4-5,7H2/t10-/m1/s1. The van der Waals surface area contributed by atoms with Gasteiger partial charge in [-0.3, -0.25) is 4.79 Å². The monoisotopic (exact) mass is 211 g/mol. The molecule has 80 valence electrons. The van der Waals surface area contributed by atoms with Crippen molar-refractivity contribution < 1.29 is 13.6 Å². The van der Waals surface area contributed by atoms with Gasteiger partial charge < -0.3 is 4.90 Å². The second-order valence-electron chi connectivity index (χ2n) is 3.59. The van der Waals surface area contributed by atoms with Gasteiger partial charge in [-0.2, -0.15) is 0 Å². The highest BCUT2D eigenvalue weighted by Gasteiger charge is 2.32. The minimum absolute atomic E-state index is 0.136. The van der Waals surface area contributed by atoms with E-state index in [0.717, 1.165) is 0 Å². The molecule has 15 heavy (non-hydrogen) atoms. The average molecular weight is 211 g/mol. The van der Waals surface area contributed by atoms with Crippen molar-refractivity contribution in [3.05, 3.63) is 30.1 Å². The molecule has 0 N–H and O–H groups in total. The summed E-state index contributed by atoms with van der Waals surface area (Å²) < 4.78 is 25.6. The topological polar surface area (TPSA) is 20.3 Å². The van der Waals surface area contributed by atoms with Gasteiger partial charge in [-0.25, -0.2) is 8.78 Å². The molecule has 1 aliphatic heterocycles. The zero-order chi connectivity index (χ0) is 10.8. The lowest BCUT2D eigenvalue weighted by Gasteiger charge is -2.22. The normalized spacial score (nSPS) is 21.1. The Morgan fingerprint density at radius 2 is 2.27 bits per heavy atom. The Hall–Kier alpha value is -1.45. The molecule has 0 radical (unpaired) electrons. The number of amides is 1. The van der Waals surface area contributed by atoms with Crippen molar-refractivity contribution in [3.8, 4) is 0 Å². The Balaban J connectivity index is 2.32. The molecule has 1 aromatic rings. The predicted octanol–water partition coefficient (Wildman–Crippen LogP) is 2.29. The molecule has 1 aromatic carbocycles. The summed E-state index contributed by atoms with van der Waals surface area (Å²) in [6, 6.07) is 5.26. The first kappa shape index (κ1) is 10.1. The number of alkyl halides is 1. The third-order valence-electron chi connectivity index (χ3n) is 2.59. The minimum atomic E-state index is -0.581. The number of hydrogen-bond acceptors (Lipinski definition) is 1. The first-order valence-corrected chi connectivity index (χ1v) is 4.86. The number of benzene rings is 1. The Bertz CT molecular complexity index is 381. The zero-order valence-electron chi connectivity index (χ0n) is 8.12. The summed E-state index contributed by atoms with van der Waals surface area (Å²) in [5.74, 6) is -0.548. The summed E-state index contributed by atoms with van der Waals surface area (Å²) in [5.41, 5.74) is 0.445.